The summed E-state index contributed by atoms with van der Waals surface area (Å²) in [7, 11) is 0. The lowest BCUT2D eigenvalue weighted by molar-refractivity contribution is -0.137. The van der Waals surface area contributed by atoms with E-state index in [1.165, 1.54) is 6.07 Å². The molecule has 6 heteroatoms. The first-order valence-electron chi connectivity index (χ1n) is 9.70. The monoisotopic (exact) mass is 401 g/mol. The maximum Gasteiger partial charge on any atom is 0.416 e. The summed E-state index contributed by atoms with van der Waals surface area (Å²) >= 11 is 0. The lowest BCUT2D eigenvalue weighted by atomic mass is 9.92. The van der Waals surface area contributed by atoms with E-state index in [0.29, 0.717) is 17.5 Å². The SMILES string of the molecule is Cc1cc(C2=CC3CCC(C2)N3C(=O)OCc2ccccc2)cc(C(F)(F)F)c1. The number of hydrogen-bond acceptors (Lipinski definition) is 2. The van der Waals surface area contributed by atoms with E-state index in [1.807, 2.05) is 36.4 Å². The van der Waals surface area contributed by atoms with Gasteiger partial charge in [0.15, 0.2) is 0 Å². The van der Waals surface area contributed by atoms with Gasteiger partial charge in [-0.15, -0.1) is 0 Å². The highest BCUT2D eigenvalue weighted by molar-refractivity contribution is 5.75. The summed E-state index contributed by atoms with van der Waals surface area (Å²) in [5.74, 6) is 0. The van der Waals surface area contributed by atoms with Crippen molar-refractivity contribution in [2.75, 3.05) is 0 Å². The second kappa shape index (κ2) is 7.58. The largest absolute Gasteiger partial charge is 0.445 e. The van der Waals surface area contributed by atoms with E-state index < -0.39 is 11.7 Å². The summed E-state index contributed by atoms with van der Waals surface area (Å²) < 4.78 is 45.0. The first-order chi connectivity index (χ1) is 13.8. The maximum absolute atomic E-state index is 13.2. The standard InChI is InChI=1S/C23H22F3NO2/c1-15-9-17(11-19(10-15)23(24,25)26)18-12-20-7-8-21(13-18)27(20)22(28)29-14-16-5-3-2-4-6-16/h2-6,9-12,20-21H,7-8,13-14H2,1H3. The van der Waals surface area contributed by atoms with Gasteiger partial charge in [-0.2, -0.15) is 13.2 Å². The molecule has 1 amide bonds. The van der Waals surface area contributed by atoms with E-state index in [4.69, 9.17) is 4.74 Å². The Morgan fingerprint density at radius 1 is 1.14 bits per heavy atom. The topological polar surface area (TPSA) is 29.5 Å². The first-order valence-corrected chi connectivity index (χ1v) is 9.70. The molecule has 4 rings (SSSR count). The molecule has 2 aromatic carbocycles. The number of carbonyl (C=O) groups is 1. The minimum Gasteiger partial charge on any atom is -0.445 e. The zero-order chi connectivity index (χ0) is 20.6. The van der Waals surface area contributed by atoms with Crippen molar-refractivity contribution in [1.29, 1.82) is 0 Å². The molecule has 0 N–H and O–H groups in total. The minimum atomic E-state index is -4.37. The number of nitrogens with zero attached hydrogens (tertiary/aromatic N) is 1. The fraction of sp³-hybridized carbons (Fsp3) is 0.348. The van der Waals surface area contributed by atoms with Crippen molar-refractivity contribution in [3.63, 3.8) is 0 Å². The molecule has 152 valence electrons. The van der Waals surface area contributed by atoms with Crippen LogP contribution in [0.5, 0.6) is 0 Å². The number of alkyl halides is 3. The van der Waals surface area contributed by atoms with Crippen molar-refractivity contribution in [1.82, 2.24) is 4.90 Å². The summed E-state index contributed by atoms with van der Waals surface area (Å²) in [6, 6.07) is 13.4. The van der Waals surface area contributed by atoms with Gasteiger partial charge in [0.25, 0.3) is 0 Å². The number of hydrogen-bond donors (Lipinski definition) is 0. The number of rotatable bonds is 3. The molecule has 29 heavy (non-hydrogen) atoms. The van der Waals surface area contributed by atoms with Crippen LogP contribution in [0.2, 0.25) is 0 Å². The van der Waals surface area contributed by atoms with Crippen LogP contribution in [0.3, 0.4) is 0 Å². The Morgan fingerprint density at radius 2 is 1.90 bits per heavy atom. The minimum absolute atomic E-state index is 0.0434. The number of amides is 1. The molecule has 2 aliphatic heterocycles. The van der Waals surface area contributed by atoms with Crippen LogP contribution < -0.4 is 0 Å². The summed E-state index contributed by atoms with van der Waals surface area (Å²) in [5.41, 5.74) is 2.32. The lowest BCUT2D eigenvalue weighted by Gasteiger charge is -2.33. The molecule has 2 aliphatic rings. The lowest BCUT2D eigenvalue weighted by Crippen LogP contribution is -2.43. The van der Waals surface area contributed by atoms with Gasteiger partial charge < -0.3 is 4.74 Å². The number of ether oxygens (including phenoxy) is 1. The van der Waals surface area contributed by atoms with Crippen LogP contribution in [-0.2, 0) is 17.5 Å². The van der Waals surface area contributed by atoms with E-state index in [2.05, 4.69) is 0 Å². The van der Waals surface area contributed by atoms with Gasteiger partial charge in [0, 0.05) is 6.04 Å². The Bertz CT molecular complexity index is 937. The highest BCUT2D eigenvalue weighted by Crippen LogP contribution is 2.40. The maximum atomic E-state index is 13.2. The van der Waals surface area contributed by atoms with Gasteiger partial charge in [-0.3, -0.25) is 4.90 Å². The summed E-state index contributed by atoms with van der Waals surface area (Å²) in [6.07, 6.45) is -0.644. The number of fused-ring (bicyclic) bond motifs is 2. The Hall–Kier alpha value is -2.76. The third kappa shape index (κ3) is 4.16. The molecule has 2 aromatic rings. The van der Waals surface area contributed by atoms with Gasteiger partial charge in [-0.1, -0.05) is 42.5 Å². The number of benzene rings is 2. The third-order valence-corrected chi connectivity index (χ3v) is 5.59. The van der Waals surface area contributed by atoms with E-state index in [9.17, 15) is 18.0 Å². The molecule has 1 saturated heterocycles. The van der Waals surface area contributed by atoms with Crippen molar-refractivity contribution in [2.45, 2.75) is 51.1 Å². The Kier molecular flexibility index (Phi) is 5.11. The average Bonchev–Trinajstić information content (AvgIpc) is 2.95. The molecule has 0 aromatic heterocycles. The van der Waals surface area contributed by atoms with E-state index in [0.717, 1.165) is 30.0 Å². The summed E-state index contributed by atoms with van der Waals surface area (Å²) in [5, 5.41) is 0. The fourth-order valence-electron chi connectivity index (χ4n) is 4.25. The molecule has 0 spiro atoms. The van der Waals surface area contributed by atoms with Gasteiger partial charge in [0.1, 0.15) is 6.61 Å². The third-order valence-electron chi connectivity index (χ3n) is 5.59. The Labute approximate surface area is 167 Å². The van der Waals surface area contributed by atoms with Crippen LogP contribution in [-0.4, -0.2) is 23.1 Å². The summed E-state index contributed by atoms with van der Waals surface area (Å²) in [4.78, 5) is 14.4. The normalized spacial score (nSPS) is 21.1. The molecule has 2 unspecified atom stereocenters. The van der Waals surface area contributed by atoms with Crippen LogP contribution in [0, 0.1) is 6.92 Å². The van der Waals surface area contributed by atoms with Crippen molar-refractivity contribution < 1.29 is 22.7 Å². The molecule has 2 atom stereocenters. The van der Waals surface area contributed by atoms with Crippen molar-refractivity contribution in [2.24, 2.45) is 0 Å². The zero-order valence-corrected chi connectivity index (χ0v) is 16.1. The molecule has 0 saturated carbocycles. The molecule has 0 radical (unpaired) electrons. The van der Waals surface area contributed by atoms with Crippen LogP contribution in [0.15, 0.2) is 54.6 Å². The molecule has 1 fully saturated rings. The molecular formula is C23H22F3NO2. The summed E-state index contributed by atoms with van der Waals surface area (Å²) in [6.45, 7) is 1.88. The molecule has 2 heterocycles. The smallest absolute Gasteiger partial charge is 0.416 e. The van der Waals surface area contributed by atoms with E-state index in [1.54, 1.807) is 17.9 Å². The molecule has 0 aliphatic carbocycles. The first kappa shape index (κ1) is 19.6. The van der Waals surface area contributed by atoms with Crippen molar-refractivity contribution in [3.8, 4) is 0 Å². The van der Waals surface area contributed by atoms with Crippen molar-refractivity contribution >= 4 is 11.7 Å². The molecule has 2 bridgehead atoms. The number of carbonyl (C=O) groups excluding carboxylic acids is 1. The van der Waals surface area contributed by atoms with Crippen LogP contribution in [0.25, 0.3) is 5.57 Å². The number of aryl methyl sites for hydroxylation is 1. The Balaban J connectivity index is 1.52. The highest BCUT2D eigenvalue weighted by atomic mass is 19.4. The predicted molar refractivity (Wildman–Crippen MR) is 104 cm³/mol. The van der Waals surface area contributed by atoms with Gasteiger partial charge in [0.05, 0.1) is 11.6 Å². The quantitative estimate of drug-likeness (QED) is 0.634. The van der Waals surface area contributed by atoms with E-state index in [-0.39, 0.29) is 24.8 Å². The second-order valence-electron chi connectivity index (χ2n) is 7.73. The van der Waals surface area contributed by atoms with Gasteiger partial charge >= 0.3 is 12.3 Å². The fourth-order valence-corrected chi connectivity index (χ4v) is 4.25. The van der Waals surface area contributed by atoms with Crippen LogP contribution >= 0.6 is 0 Å². The second-order valence-corrected chi connectivity index (χ2v) is 7.73. The molecule has 3 nitrogen and oxygen atoms in total. The zero-order valence-electron chi connectivity index (χ0n) is 16.1. The van der Waals surface area contributed by atoms with Gasteiger partial charge in [0.2, 0.25) is 0 Å². The predicted octanol–water partition coefficient (Wildman–Crippen LogP) is 5.97. The van der Waals surface area contributed by atoms with Crippen molar-refractivity contribution in [3.05, 3.63) is 76.9 Å². The van der Waals surface area contributed by atoms with Gasteiger partial charge in [-0.05, 0) is 60.6 Å². The Morgan fingerprint density at radius 3 is 2.59 bits per heavy atom. The number of halogens is 3. The highest BCUT2D eigenvalue weighted by Gasteiger charge is 2.41. The van der Waals surface area contributed by atoms with E-state index >= 15 is 0 Å². The van der Waals surface area contributed by atoms with Crippen LogP contribution in [0.4, 0.5) is 18.0 Å². The average molecular weight is 401 g/mol. The molecular weight excluding hydrogens is 379 g/mol. The van der Waals surface area contributed by atoms with Gasteiger partial charge in [-0.25, -0.2) is 4.79 Å². The van der Waals surface area contributed by atoms with Crippen LogP contribution in [0.1, 0.15) is 41.5 Å².